The fourth-order valence-electron chi connectivity index (χ4n) is 9.28. The standard InChI is InChI=1S/C29H50O2/c1-7-21(19(2)3)9-8-20(4)24-10-11-25-23-13-17-29(31)18-22(30)12-16-28(29,6)26(23)14-15-27(24,25)5/h13,17,19-26,30-31H,7-12,14-16,18H2,1-6H3/t20-,21?,22?,23+,24-,25+,26+,27-,28-,29?/m1/s1. The summed E-state index contributed by atoms with van der Waals surface area (Å²) in [6, 6.07) is 0. The van der Waals surface area contributed by atoms with Crippen LogP contribution in [0.5, 0.6) is 0 Å². The van der Waals surface area contributed by atoms with Crippen LogP contribution in [0.15, 0.2) is 12.2 Å². The Labute approximate surface area is 192 Å². The van der Waals surface area contributed by atoms with Gasteiger partial charge in [-0.2, -0.15) is 0 Å². The highest BCUT2D eigenvalue weighted by molar-refractivity contribution is 5.24. The van der Waals surface area contributed by atoms with Gasteiger partial charge in [0.15, 0.2) is 0 Å². The molecule has 0 spiro atoms. The van der Waals surface area contributed by atoms with E-state index < -0.39 is 5.60 Å². The lowest BCUT2D eigenvalue weighted by Gasteiger charge is -2.61. The van der Waals surface area contributed by atoms with Crippen LogP contribution in [0, 0.1) is 52.3 Å². The molecule has 0 heterocycles. The zero-order valence-corrected chi connectivity index (χ0v) is 21.2. The van der Waals surface area contributed by atoms with Crippen LogP contribution in [-0.2, 0) is 0 Å². The summed E-state index contributed by atoms with van der Waals surface area (Å²) < 4.78 is 0. The van der Waals surface area contributed by atoms with Gasteiger partial charge in [0.25, 0.3) is 0 Å². The molecule has 3 saturated carbocycles. The summed E-state index contributed by atoms with van der Waals surface area (Å²) in [6.45, 7) is 14.7. The highest BCUT2D eigenvalue weighted by Gasteiger charge is 2.63. The summed E-state index contributed by atoms with van der Waals surface area (Å²) in [5.74, 6) is 5.34. The van der Waals surface area contributed by atoms with Crippen molar-refractivity contribution in [2.45, 2.75) is 117 Å². The van der Waals surface area contributed by atoms with E-state index in [2.05, 4.69) is 53.7 Å². The van der Waals surface area contributed by atoms with E-state index in [4.69, 9.17) is 0 Å². The van der Waals surface area contributed by atoms with E-state index in [9.17, 15) is 10.2 Å². The second-order valence-corrected chi connectivity index (χ2v) is 13.1. The van der Waals surface area contributed by atoms with Crippen molar-refractivity contribution in [1.82, 2.24) is 0 Å². The molecule has 0 aromatic carbocycles. The van der Waals surface area contributed by atoms with E-state index in [0.29, 0.717) is 23.7 Å². The third-order valence-corrected chi connectivity index (χ3v) is 11.5. The third-order valence-electron chi connectivity index (χ3n) is 11.5. The quantitative estimate of drug-likeness (QED) is 0.446. The lowest BCUT2D eigenvalue weighted by molar-refractivity contribution is -0.167. The van der Waals surface area contributed by atoms with Crippen LogP contribution >= 0.6 is 0 Å². The number of fused-ring (bicyclic) bond motifs is 5. The van der Waals surface area contributed by atoms with Gasteiger partial charge in [0.05, 0.1) is 11.7 Å². The molecule has 10 atom stereocenters. The molecule has 0 aliphatic heterocycles. The van der Waals surface area contributed by atoms with Crippen molar-refractivity contribution in [2.24, 2.45) is 52.3 Å². The molecule has 3 fully saturated rings. The highest BCUT2D eigenvalue weighted by atomic mass is 16.3. The Balaban J connectivity index is 1.51. The Bertz CT molecular complexity index is 670. The van der Waals surface area contributed by atoms with Gasteiger partial charge in [-0.3, -0.25) is 0 Å². The van der Waals surface area contributed by atoms with Crippen molar-refractivity contribution in [3.05, 3.63) is 12.2 Å². The number of allylic oxidation sites excluding steroid dienone is 1. The average Bonchev–Trinajstić information content (AvgIpc) is 3.06. The number of rotatable bonds is 6. The van der Waals surface area contributed by atoms with Gasteiger partial charge in [0, 0.05) is 11.8 Å². The maximum Gasteiger partial charge on any atom is 0.0908 e. The van der Waals surface area contributed by atoms with E-state index in [-0.39, 0.29) is 11.5 Å². The molecule has 0 aromatic rings. The van der Waals surface area contributed by atoms with Gasteiger partial charge in [-0.25, -0.2) is 0 Å². The number of aliphatic hydroxyl groups is 2. The van der Waals surface area contributed by atoms with E-state index in [1.807, 2.05) is 0 Å². The Hall–Kier alpha value is -0.340. The SMILES string of the molecule is CCC(CC[C@@H](C)[C@H]1CC[C@H]2[C@@H]3C=CC4(O)CC(O)CC[C@]4(C)[C@H]3CC[C@]12C)C(C)C. The number of hydrogen-bond donors (Lipinski definition) is 2. The van der Waals surface area contributed by atoms with Gasteiger partial charge in [-0.15, -0.1) is 0 Å². The first-order valence-corrected chi connectivity index (χ1v) is 13.7. The van der Waals surface area contributed by atoms with Crippen molar-refractivity contribution in [1.29, 1.82) is 0 Å². The Morgan fingerprint density at radius 1 is 0.968 bits per heavy atom. The van der Waals surface area contributed by atoms with Crippen molar-refractivity contribution < 1.29 is 10.2 Å². The fraction of sp³-hybridized carbons (Fsp3) is 0.931. The summed E-state index contributed by atoms with van der Waals surface area (Å²) in [5, 5.41) is 21.8. The monoisotopic (exact) mass is 430 g/mol. The van der Waals surface area contributed by atoms with E-state index in [1.165, 1.54) is 44.9 Å². The molecule has 3 unspecified atom stereocenters. The second kappa shape index (κ2) is 8.46. The highest BCUT2D eigenvalue weighted by Crippen LogP contribution is 2.67. The molecule has 2 nitrogen and oxygen atoms in total. The largest absolute Gasteiger partial charge is 0.393 e. The topological polar surface area (TPSA) is 40.5 Å². The summed E-state index contributed by atoms with van der Waals surface area (Å²) in [7, 11) is 0. The molecule has 0 saturated heterocycles. The molecule has 2 heteroatoms. The van der Waals surface area contributed by atoms with Crippen LogP contribution in [0.4, 0.5) is 0 Å². The Kier molecular flexibility index (Phi) is 6.50. The predicted molar refractivity (Wildman–Crippen MR) is 130 cm³/mol. The summed E-state index contributed by atoms with van der Waals surface area (Å²) in [5.41, 5.74) is -0.413. The van der Waals surface area contributed by atoms with E-state index in [1.54, 1.807) is 0 Å². The summed E-state index contributed by atoms with van der Waals surface area (Å²) in [6.07, 6.45) is 16.0. The smallest absolute Gasteiger partial charge is 0.0908 e. The molecule has 2 N–H and O–H groups in total. The van der Waals surface area contributed by atoms with Crippen molar-refractivity contribution in [3.8, 4) is 0 Å². The maximum absolute atomic E-state index is 11.5. The van der Waals surface area contributed by atoms with Gasteiger partial charge < -0.3 is 10.2 Å². The van der Waals surface area contributed by atoms with Gasteiger partial charge >= 0.3 is 0 Å². The molecule has 178 valence electrons. The molecule has 4 aliphatic carbocycles. The normalized spacial score (nSPS) is 48.7. The van der Waals surface area contributed by atoms with Gasteiger partial charge in [0.1, 0.15) is 0 Å². The minimum absolute atomic E-state index is 0.0672. The lowest BCUT2D eigenvalue weighted by Crippen LogP contribution is -2.60. The molecule has 0 amide bonds. The minimum atomic E-state index is -0.809. The van der Waals surface area contributed by atoms with Gasteiger partial charge in [0.2, 0.25) is 0 Å². The molecule has 4 aliphatic rings. The number of hydrogen-bond acceptors (Lipinski definition) is 2. The van der Waals surface area contributed by atoms with E-state index >= 15 is 0 Å². The molecule has 0 bridgehead atoms. The average molecular weight is 431 g/mol. The van der Waals surface area contributed by atoms with Gasteiger partial charge in [-0.1, -0.05) is 66.5 Å². The summed E-state index contributed by atoms with van der Waals surface area (Å²) in [4.78, 5) is 0. The van der Waals surface area contributed by atoms with Crippen LogP contribution in [-0.4, -0.2) is 21.9 Å². The maximum atomic E-state index is 11.5. The molecular formula is C29H50O2. The zero-order chi connectivity index (χ0) is 22.6. The Morgan fingerprint density at radius 2 is 1.71 bits per heavy atom. The van der Waals surface area contributed by atoms with Gasteiger partial charge in [-0.05, 0) is 91.8 Å². The first-order valence-electron chi connectivity index (χ1n) is 13.7. The first-order chi connectivity index (χ1) is 14.6. The molecular weight excluding hydrogens is 380 g/mol. The fourth-order valence-corrected chi connectivity index (χ4v) is 9.28. The molecule has 0 radical (unpaired) electrons. The zero-order valence-electron chi connectivity index (χ0n) is 21.2. The van der Waals surface area contributed by atoms with Crippen LogP contribution in [0.2, 0.25) is 0 Å². The third kappa shape index (κ3) is 3.76. The van der Waals surface area contributed by atoms with Crippen molar-refractivity contribution >= 4 is 0 Å². The first kappa shape index (κ1) is 23.8. The summed E-state index contributed by atoms with van der Waals surface area (Å²) >= 11 is 0. The Morgan fingerprint density at radius 3 is 2.39 bits per heavy atom. The van der Waals surface area contributed by atoms with E-state index in [0.717, 1.165) is 42.4 Å². The molecule has 4 rings (SSSR count). The van der Waals surface area contributed by atoms with Crippen LogP contribution in [0.25, 0.3) is 0 Å². The predicted octanol–water partition coefficient (Wildman–Crippen LogP) is 7.00. The van der Waals surface area contributed by atoms with Crippen molar-refractivity contribution in [3.63, 3.8) is 0 Å². The van der Waals surface area contributed by atoms with Crippen LogP contribution in [0.1, 0.15) is 106 Å². The number of aliphatic hydroxyl groups excluding tert-OH is 1. The van der Waals surface area contributed by atoms with Crippen LogP contribution < -0.4 is 0 Å². The minimum Gasteiger partial charge on any atom is -0.393 e. The second-order valence-electron chi connectivity index (χ2n) is 13.1. The molecule has 31 heavy (non-hydrogen) atoms. The van der Waals surface area contributed by atoms with Crippen LogP contribution in [0.3, 0.4) is 0 Å². The van der Waals surface area contributed by atoms with Crippen molar-refractivity contribution in [2.75, 3.05) is 0 Å². The molecule has 0 aromatic heterocycles. The lowest BCUT2D eigenvalue weighted by atomic mass is 9.45.